The Labute approximate surface area is 150 Å². The molecule has 1 N–H and O–H groups in total. The van der Waals surface area contributed by atoms with E-state index in [1.807, 2.05) is 0 Å². The zero-order valence-corrected chi connectivity index (χ0v) is 16.0. The fraction of sp³-hybridized carbons (Fsp3) is 0.842. The summed E-state index contributed by atoms with van der Waals surface area (Å²) in [4.78, 5) is 38.2. The third kappa shape index (κ3) is 7.45. The van der Waals surface area contributed by atoms with Gasteiger partial charge in [-0.25, -0.2) is 4.79 Å². The van der Waals surface area contributed by atoms with Crippen LogP contribution in [0.2, 0.25) is 0 Å². The molecule has 1 rings (SSSR count). The molecule has 0 saturated carbocycles. The van der Waals surface area contributed by atoms with E-state index in [4.69, 9.17) is 9.84 Å². The molecule has 1 saturated heterocycles. The van der Waals surface area contributed by atoms with Crippen molar-refractivity contribution >= 4 is 17.8 Å². The Balaban J connectivity index is 2.86. The Hall–Kier alpha value is -1.59. The predicted molar refractivity (Wildman–Crippen MR) is 95.1 cm³/mol. The summed E-state index contributed by atoms with van der Waals surface area (Å²) in [6.07, 6.45) is 5.46. The van der Waals surface area contributed by atoms with Crippen LogP contribution in [-0.2, 0) is 19.1 Å². The lowest BCUT2D eigenvalue weighted by Gasteiger charge is -2.37. The lowest BCUT2D eigenvalue weighted by Crippen LogP contribution is -2.52. The number of likely N-dealkylation sites (tertiary alicyclic amines) is 1. The number of rotatable bonds is 8. The van der Waals surface area contributed by atoms with E-state index >= 15 is 0 Å². The molecule has 1 aliphatic rings. The monoisotopic (exact) mass is 355 g/mol. The van der Waals surface area contributed by atoms with Gasteiger partial charge >= 0.3 is 11.9 Å². The highest BCUT2D eigenvalue weighted by Gasteiger charge is 2.38. The van der Waals surface area contributed by atoms with Crippen LogP contribution in [0.4, 0.5) is 0 Å². The maximum absolute atomic E-state index is 13.0. The number of amides is 1. The van der Waals surface area contributed by atoms with E-state index < -0.39 is 23.5 Å². The number of nitrogens with zero attached hydrogens (tertiary/aromatic N) is 1. The van der Waals surface area contributed by atoms with Gasteiger partial charge < -0.3 is 14.7 Å². The van der Waals surface area contributed by atoms with Gasteiger partial charge in [0, 0.05) is 12.5 Å². The van der Waals surface area contributed by atoms with Crippen molar-refractivity contribution in [2.75, 3.05) is 6.54 Å². The maximum atomic E-state index is 13.0. The van der Waals surface area contributed by atoms with E-state index in [0.717, 1.165) is 32.1 Å². The molecule has 1 aliphatic heterocycles. The number of carbonyl (C=O) groups is 3. The zero-order valence-electron chi connectivity index (χ0n) is 16.0. The maximum Gasteiger partial charge on any atom is 0.329 e. The average molecular weight is 355 g/mol. The summed E-state index contributed by atoms with van der Waals surface area (Å²) in [5.74, 6) is -2.13. The Kier molecular flexibility index (Phi) is 8.39. The fourth-order valence-electron chi connectivity index (χ4n) is 3.21. The van der Waals surface area contributed by atoms with Crippen LogP contribution in [0.15, 0.2) is 0 Å². The van der Waals surface area contributed by atoms with E-state index in [9.17, 15) is 14.4 Å². The molecule has 1 fully saturated rings. The van der Waals surface area contributed by atoms with Gasteiger partial charge in [0.1, 0.15) is 11.6 Å². The van der Waals surface area contributed by atoms with Gasteiger partial charge in [-0.2, -0.15) is 0 Å². The van der Waals surface area contributed by atoms with Gasteiger partial charge in [0.15, 0.2) is 0 Å². The number of carboxylic acid groups (broad SMARTS) is 1. The average Bonchev–Trinajstić information content (AvgIpc) is 2.51. The van der Waals surface area contributed by atoms with Gasteiger partial charge in [-0.15, -0.1) is 0 Å². The Morgan fingerprint density at radius 3 is 2.44 bits per heavy atom. The number of hydrogen-bond acceptors (Lipinski definition) is 4. The number of piperidine rings is 1. The minimum atomic E-state index is -0.972. The topological polar surface area (TPSA) is 83.9 Å². The lowest BCUT2D eigenvalue weighted by molar-refractivity contribution is -0.167. The normalized spacial score (nSPS) is 19.4. The number of esters is 1. The van der Waals surface area contributed by atoms with Gasteiger partial charge in [-0.05, 0) is 46.5 Å². The minimum absolute atomic E-state index is 0.180. The van der Waals surface area contributed by atoms with Gasteiger partial charge in [-0.1, -0.05) is 26.2 Å². The molecule has 0 aliphatic carbocycles. The molecule has 0 unspecified atom stereocenters. The smallest absolute Gasteiger partial charge is 0.329 e. The number of carboxylic acids is 1. The molecule has 144 valence electrons. The van der Waals surface area contributed by atoms with Gasteiger partial charge in [0.25, 0.3) is 0 Å². The number of unbranched alkanes of at least 4 members (excludes halogenated alkanes) is 2. The van der Waals surface area contributed by atoms with E-state index in [-0.39, 0.29) is 18.3 Å². The molecular formula is C19H33NO5. The van der Waals surface area contributed by atoms with Crippen molar-refractivity contribution in [3.05, 3.63) is 0 Å². The van der Waals surface area contributed by atoms with E-state index in [2.05, 4.69) is 6.92 Å². The van der Waals surface area contributed by atoms with Crippen molar-refractivity contribution in [1.82, 2.24) is 4.90 Å². The van der Waals surface area contributed by atoms with Crippen molar-refractivity contribution in [2.45, 2.75) is 90.7 Å². The summed E-state index contributed by atoms with van der Waals surface area (Å²) < 4.78 is 5.47. The summed E-state index contributed by atoms with van der Waals surface area (Å²) in [5, 5.41) is 9.15. The molecule has 6 nitrogen and oxygen atoms in total. The van der Waals surface area contributed by atoms with Crippen molar-refractivity contribution in [3.8, 4) is 0 Å². The van der Waals surface area contributed by atoms with E-state index in [0.29, 0.717) is 19.4 Å². The lowest BCUT2D eigenvalue weighted by atomic mass is 9.93. The molecule has 1 amide bonds. The van der Waals surface area contributed by atoms with E-state index in [1.165, 1.54) is 0 Å². The highest BCUT2D eigenvalue weighted by molar-refractivity contribution is 5.88. The molecule has 0 aromatic heterocycles. The molecule has 1 heterocycles. The summed E-state index contributed by atoms with van der Waals surface area (Å²) in [5.41, 5.74) is -0.606. The molecule has 0 bridgehead atoms. The zero-order chi connectivity index (χ0) is 19.0. The largest absolute Gasteiger partial charge is 0.481 e. The van der Waals surface area contributed by atoms with Crippen molar-refractivity contribution < 1.29 is 24.2 Å². The Morgan fingerprint density at radius 2 is 1.88 bits per heavy atom. The van der Waals surface area contributed by atoms with Crippen molar-refractivity contribution in [3.63, 3.8) is 0 Å². The molecule has 2 atom stereocenters. The SMILES string of the molecule is CCCCC[C@H](CC(=O)O)C(=O)N1CCCC[C@H]1C(=O)OC(C)(C)C. The second-order valence-electron chi connectivity index (χ2n) is 7.87. The number of hydrogen-bond donors (Lipinski definition) is 1. The van der Waals surface area contributed by atoms with Crippen LogP contribution in [-0.4, -0.2) is 46.0 Å². The van der Waals surface area contributed by atoms with Gasteiger partial charge in [0.05, 0.1) is 6.42 Å². The quantitative estimate of drug-likeness (QED) is 0.533. The second-order valence-corrected chi connectivity index (χ2v) is 7.87. The summed E-state index contributed by atoms with van der Waals surface area (Å²) >= 11 is 0. The molecule has 0 aromatic rings. The first-order chi connectivity index (χ1) is 11.7. The van der Waals surface area contributed by atoms with E-state index in [1.54, 1.807) is 25.7 Å². The molecule has 0 aromatic carbocycles. The van der Waals surface area contributed by atoms with Gasteiger partial charge in [0.2, 0.25) is 5.91 Å². The van der Waals surface area contributed by atoms with Crippen LogP contribution in [0.5, 0.6) is 0 Å². The highest BCUT2D eigenvalue weighted by Crippen LogP contribution is 2.25. The van der Waals surface area contributed by atoms with Crippen LogP contribution in [0.3, 0.4) is 0 Å². The molecular weight excluding hydrogens is 322 g/mol. The summed E-state index contributed by atoms with van der Waals surface area (Å²) in [7, 11) is 0. The van der Waals surface area contributed by atoms with Gasteiger partial charge in [-0.3, -0.25) is 9.59 Å². The highest BCUT2D eigenvalue weighted by atomic mass is 16.6. The van der Waals surface area contributed by atoms with Crippen LogP contribution in [0.1, 0.15) is 79.1 Å². The summed E-state index contributed by atoms with van der Waals surface area (Å²) in [6, 6.07) is -0.594. The third-order valence-corrected chi connectivity index (χ3v) is 4.39. The predicted octanol–water partition coefficient (Wildman–Crippen LogP) is 3.38. The molecule has 0 radical (unpaired) electrons. The molecule has 6 heteroatoms. The van der Waals surface area contributed by atoms with Crippen molar-refractivity contribution in [1.29, 1.82) is 0 Å². The first-order valence-corrected chi connectivity index (χ1v) is 9.41. The fourth-order valence-corrected chi connectivity index (χ4v) is 3.21. The van der Waals surface area contributed by atoms with Crippen LogP contribution < -0.4 is 0 Å². The minimum Gasteiger partial charge on any atom is -0.481 e. The van der Waals surface area contributed by atoms with Crippen LogP contribution >= 0.6 is 0 Å². The number of carbonyl (C=O) groups excluding carboxylic acids is 2. The van der Waals surface area contributed by atoms with Crippen LogP contribution in [0.25, 0.3) is 0 Å². The molecule has 0 spiro atoms. The number of ether oxygens (including phenoxy) is 1. The standard InChI is InChI=1S/C19H33NO5/c1-5-6-7-10-14(13-16(21)22)17(23)20-12-9-8-11-15(20)18(24)25-19(2,3)4/h14-15H,5-13H2,1-4H3,(H,21,22)/t14-,15+/m1/s1. The third-order valence-electron chi connectivity index (χ3n) is 4.39. The summed E-state index contributed by atoms with van der Waals surface area (Å²) in [6.45, 7) is 7.97. The van der Waals surface area contributed by atoms with Crippen LogP contribution in [0, 0.1) is 5.92 Å². The molecule has 25 heavy (non-hydrogen) atoms. The van der Waals surface area contributed by atoms with Crippen molar-refractivity contribution in [2.24, 2.45) is 5.92 Å². The Bertz CT molecular complexity index is 469. The first kappa shape index (κ1) is 21.5. The first-order valence-electron chi connectivity index (χ1n) is 9.41. The Morgan fingerprint density at radius 1 is 1.20 bits per heavy atom. The number of aliphatic carboxylic acids is 1. The second kappa shape index (κ2) is 9.78.